The Hall–Kier alpha value is -1.63. The van der Waals surface area contributed by atoms with E-state index in [-0.39, 0.29) is 0 Å². The highest BCUT2D eigenvalue weighted by molar-refractivity contribution is 5.88. The Morgan fingerprint density at radius 1 is 1.15 bits per heavy atom. The number of carboxylic acid groups (broad SMARTS) is 3. The van der Waals surface area contributed by atoms with Gasteiger partial charge in [-0.05, 0) is 0 Å². The number of hydrogen-bond donors (Lipinski definition) is 4. The molecule has 0 spiro atoms. The van der Waals surface area contributed by atoms with Gasteiger partial charge in [-0.3, -0.25) is 9.59 Å². The quantitative estimate of drug-likeness (QED) is 0.431. The molecule has 0 radical (unpaired) electrons. The zero-order valence-corrected chi connectivity index (χ0v) is 6.43. The molecule has 0 aliphatic heterocycles. The lowest BCUT2D eigenvalue weighted by Gasteiger charge is -2.18. The van der Waals surface area contributed by atoms with Crippen LogP contribution >= 0.6 is 0 Å². The molecule has 0 aromatic carbocycles. The molecule has 4 N–H and O–H groups in total. The zero-order chi connectivity index (χ0) is 10.6. The predicted octanol–water partition coefficient (Wildman–Crippen LogP) is -1.25. The molecule has 13 heavy (non-hydrogen) atoms. The third kappa shape index (κ3) is 3.52. The summed E-state index contributed by atoms with van der Waals surface area (Å²) in [6, 6.07) is 0. The van der Waals surface area contributed by atoms with Crippen LogP contribution in [-0.2, 0) is 14.4 Å². The molecule has 7 heteroatoms. The third-order valence-corrected chi connectivity index (χ3v) is 1.29. The Morgan fingerprint density at radius 2 is 1.46 bits per heavy atom. The molecule has 0 saturated heterocycles. The van der Waals surface area contributed by atoms with Crippen molar-refractivity contribution in [2.24, 2.45) is 0 Å². The van der Waals surface area contributed by atoms with Crippen LogP contribution < -0.4 is 0 Å². The van der Waals surface area contributed by atoms with Gasteiger partial charge in [0, 0.05) is 0 Å². The second kappa shape index (κ2) is 3.85. The average molecular weight is 196 g/mol. The van der Waals surface area contributed by atoms with Crippen molar-refractivity contribution >= 4 is 17.9 Å². The molecule has 0 heterocycles. The summed E-state index contributed by atoms with van der Waals surface area (Å²) < 4.78 is 0. The van der Waals surface area contributed by atoms with Crippen LogP contribution in [0.4, 0.5) is 0 Å². The first-order chi connectivity index (χ1) is 5.78. The van der Waals surface area contributed by atoms with Crippen LogP contribution in [0, 0.1) is 0 Å². The number of aliphatic hydroxyl groups is 1. The fourth-order valence-corrected chi connectivity index (χ4v) is 0.714. The first kappa shape index (κ1) is 11.4. The van der Waals surface area contributed by atoms with Crippen molar-refractivity contribution in [1.82, 2.24) is 0 Å². The second-order valence-corrected chi connectivity index (χ2v) is 2.48. The van der Waals surface area contributed by atoms with Crippen LogP contribution in [0.5, 0.6) is 0 Å². The van der Waals surface area contributed by atoms with Crippen LogP contribution in [0.25, 0.3) is 0 Å². The van der Waals surface area contributed by atoms with Crippen LogP contribution in [0.1, 0.15) is 12.8 Å². The maximum absolute atomic E-state index is 10.3. The van der Waals surface area contributed by atoms with Gasteiger partial charge in [0.15, 0.2) is 5.60 Å². The van der Waals surface area contributed by atoms with Crippen molar-refractivity contribution in [2.75, 3.05) is 0 Å². The van der Waals surface area contributed by atoms with Crippen molar-refractivity contribution in [3.05, 3.63) is 0 Å². The van der Waals surface area contributed by atoms with Crippen molar-refractivity contribution in [1.29, 1.82) is 0 Å². The van der Waals surface area contributed by atoms with Crippen molar-refractivity contribution < 1.29 is 34.8 Å². The Balaban J connectivity index is 4.62. The van der Waals surface area contributed by atoms with E-state index in [4.69, 9.17) is 20.4 Å². The molecule has 0 rings (SSSR count). The third-order valence-electron chi connectivity index (χ3n) is 1.29. The number of hydrogen-bond acceptors (Lipinski definition) is 4. The summed E-state index contributed by atoms with van der Waals surface area (Å²) in [5.74, 6) is -5.02. The summed E-state index contributed by atoms with van der Waals surface area (Å²) in [6.07, 6.45) is -2.29. The maximum atomic E-state index is 10.3. The van der Waals surface area contributed by atoms with Crippen LogP contribution in [0.2, 0.25) is 0 Å². The zero-order valence-electron chi connectivity index (χ0n) is 6.43. The van der Waals surface area contributed by atoms with E-state index in [2.05, 4.69) is 0 Å². The lowest BCUT2D eigenvalue weighted by molar-refractivity contribution is -0.170. The van der Waals surface area contributed by atoms with Gasteiger partial charge in [-0.1, -0.05) is 0 Å². The topological polar surface area (TPSA) is 132 Å². The largest absolute Gasteiger partial charge is 0.481 e. The van der Waals surface area contributed by atoms with Gasteiger partial charge < -0.3 is 20.4 Å². The fraction of sp³-hybridized carbons (Fsp3) is 0.500. The maximum Gasteiger partial charge on any atom is 0.336 e. The van der Waals surface area contributed by atoms with Crippen LogP contribution in [0.15, 0.2) is 0 Å². The molecule has 74 valence electrons. The molecule has 0 bridgehead atoms. The van der Waals surface area contributed by atoms with Crippen LogP contribution in [-0.4, -0.2) is 43.9 Å². The van der Waals surface area contributed by atoms with Gasteiger partial charge in [0.25, 0.3) is 0 Å². The van der Waals surface area contributed by atoms with Gasteiger partial charge in [-0.15, -0.1) is 0 Å². The van der Waals surface area contributed by atoms with Crippen LogP contribution in [0.3, 0.4) is 0 Å². The Labute approximate surface area is 72.2 Å². The van der Waals surface area contributed by atoms with Crippen molar-refractivity contribution in [2.45, 2.75) is 18.4 Å². The van der Waals surface area contributed by atoms with Gasteiger partial charge in [-0.25, -0.2) is 4.79 Å². The van der Waals surface area contributed by atoms with E-state index in [1.54, 1.807) is 0 Å². The summed E-state index contributed by atoms with van der Waals surface area (Å²) in [5.41, 5.74) is -2.74. The molecule has 0 aromatic rings. The van der Waals surface area contributed by atoms with E-state index in [1.807, 2.05) is 0 Å². The number of carbonyl (C=O) groups is 3. The first-order valence-electron chi connectivity index (χ1n) is 3.17. The summed E-state index contributed by atoms with van der Waals surface area (Å²) in [4.78, 5) is 30.5. The molecule has 0 atom stereocenters. The molecule has 0 unspecified atom stereocenters. The normalized spacial score (nSPS) is 10.8. The van der Waals surface area contributed by atoms with E-state index in [9.17, 15) is 14.4 Å². The molecule has 0 aliphatic carbocycles. The highest BCUT2D eigenvalue weighted by atomic mass is 16.6. The van der Waals surface area contributed by atoms with Crippen molar-refractivity contribution in [3.8, 4) is 0 Å². The summed E-state index contributed by atoms with van der Waals surface area (Å²) >= 11 is 0. The van der Waals surface area contributed by atoms with Gasteiger partial charge in [0.1, 0.15) is 0 Å². The lowest BCUT2D eigenvalue weighted by Crippen LogP contribution is -2.42. The standard InChI is InChI=1S/C6H8O7/c7-3(8)1-6(13,5(11)12)2-4(9)10/h13H,1-2H2,(H,7,8)(H,9,10)(H,11,12)/i1+0,2+0,3+2,4+2,5+0,6+0. The summed E-state index contributed by atoms with van der Waals surface area (Å²) in [6.45, 7) is 0. The van der Waals surface area contributed by atoms with E-state index >= 15 is 0 Å². The minimum Gasteiger partial charge on any atom is -0.481 e. The minimum absolute atomic E-state index is 1.14. The lowest BCUT2D eigenvalue weighted by atomic mass is 10.1. The Morgan fingerprint density at radius 3 is 1.62 bits per heavy atom. The summed E-state index contributed by atoms with van der Waals surface area (Å²) in [5, 5.41) is 33.8. The molecule has 0 aliphatic rings. The predicted molar refractivity (Wildman–Crippen MR) is 37.1 cm³/mol. The van der Waals surface area contributed by atoms with Gasteiger partial charge >= 0.3 is 17.9 Å². The fourth-order valence-electron chi connectivity index (χ4n) is 0.714. The first-order valence-corrected chi connectivity index (χ1v) is 3.17. The Kier molecular flexibility index (Phi) is 3.37. The number of carboxylic acids is 3. The Bertz CT molecular complexity index is 227. The number of rotatable bonds is 5. The molecular weight excluding hydrogens is 188 g/mol. The number of aliphatic carboxylic acids is 3. The molecule has 0 amide bonds. The molecule has 0 aromatic heterocycles. The smallest absolute Gasteiger partial charge is 0.336 e. The van der Waals surface area contributed by atoms with E-state index in [0.717, 1.165) is 0 Å². The molecular formula is C6H8O7. The molecule has 7 nitrogen and oxygen atoms in total. The van der Waals surface area contributed by atoms with Crippen molar-refractivity contribution in [3.63, 3.8) is 0 Å². The van der Waals surface area contributed by atoms with E-state index in [1.165, 1.54) is 0 Å². The average Bonchev–Trinajstić information content (AvgIpc) is 1.82. The molecule has 0 saturated carbocycles. The van der Waals surface area contributed by atoms with Gasteiger partial charge in [0.2, 0.25) is 0 Å². The SMILES string of the molecule is O=[12C](O)[12C](O)([12CH2][14C](=O)O)[12CH2][14C](=O)O. The van der Waals surface area contributed by atoms with Gasteiger partial charge in [-0.2, -0.15) is 0 Å². The monoisotopic (exact) mass is 196 g/mol. The minimum atomic E-state index is -2.74. The highest BCUT2D eigenvalue weighted by Gasteiger charge is 2.40. The molecule has 0 fully saturated rings. The summed E-state index contributed by atoms with van der Waals surface area (Å²) in [7, 11) is 0. The van der Waals surface area contributed by atoms with E-state index in [0.29, 0.717) is 0 Å². The highest BCUT2D eigenvalue weighted by Crippen LogP contribution is 2.15. The van der Waals surface area contributed by atoms with E-state index < -0.39 is 36.4 Å². The van der Waals surface area contributed by atoms with Gasteiger partial charge in [0.05, 0.1) is 12.8 Å². The second-order valence-electron chi connectivity index (χ2n) is 2.48.